The van der Waals surface area contributed by atoms with Gasteiger partial charge < -0.3 is 45.6 Å². The number of oxime groups is 1. The Balaban J connectivity index is 1.69. The van der Waals surface area contributed by atoms with E-state index >= 15 is 0 Å². The number of ketones is 2. The van der Waals surface area contributed by atoms with E-state index in [-0.39, 0.29) is 53.0 Å². The summed E-state index contributed by atoms with van der Waals surface area (Å²) >= 11 is 0. The van der Waals surface area contributed by atoms with Gasteiger partial charge >= 0.3 is 0 Å². The number of nitrogens with two attached hydrogens (primary N) is 1. The summed E-state index contributed by atoms with van der Waals surface area (Å²) in [5, 5.41) is 57.1. The van der Waals surface area contributed by atoms with Crippen LogP contribution in [0.4, 0.5) is 0 Å². The molecule has 1 heterocycles. The smallest absolute Gasteiger partial charge is 0.202 e. The van der Waals surface area contributed by atoms with Crippen molar-refractivity contribution >= 4 is 17.3 Å². The predicted molar refractivity (Wildman–Crippen MR) is 135 cm³/mol. The number of rotatable bonds is 4. The number of fused-ring (bicyclic) bond motifs is 3. The molecule has 6 atom stereocenters. The Morgan fingerprint density at radius 2 is 1.85 bits per heavy atom. The van der Waals surface area contributed by atoms with Crippen LogP contribution in [0.2, 0.25) is 0 Å². The number of nitrogens with zero attached hydrogens (tertiary/aromatic N) is 1. The molecule has 5 rings (SSSR count). The summed E-state index contributed by atoms with van der Waals surface area (Å²) in [5.41, 5.74) is 3.14. The Bertz CT molecular complexity index is 1390. The number of phenols is 2. The lowest BCUT2D eigenvalue weighted by atomic mass is 9.72. The van der Waals surface area contributed by atoms with Crippen LogP contribution < -0.4 is 10.5 Å². The molecular formula is C27H30N2O10. The molecule has 0 bridgehead atoms. The second-order valence-corrected chi connectivity index (χ2v) is 10.3. The molecule has 2 aromatic carbocycles. The third-order valence-electron chi connectivity index (χ3n) is 7.97. The van der Waals surface area contributed by atoms with E-state index in [9.17, 15) is 35.2 Å². The Labute approximate surface area is 223 Å². The van der Waals surface area contributed by atoms with Gasteiger partial charge in [-0.05, 0) is 19.9 Å². The van der Waals surface area contributed by atoms with Gasteiger partial charge in [0.05, 0.1) is 47.8 Å². The third kappa shape index (κ3) is 4.07. The summed E-state index contributed by atoms with van der Waals surface area (Å²) in [6, 6.07) is 3.77. The molecule has 0 spiro atoms. The van der Waals surface area contributed by atoms with E-state index in [2.05, 4.69) is 5.16 Å². The van der Waals surface area contributed by atoms with Gasteiger partial charge in [0.25, 0.3) is 0 Å². The van der Waals surface area contributed by atoms with Gasteiger partial charge in [-0.15, -0.1) is 0 Å². The minimum Gasteiger partial charge on any atom is -0.507 e. The van der Waals surface area contributed by atoms with Crippen molar-refractivity contribution < 1.29 is 49.4 Å². The molecule has 7 N–H and O–H groups in total. The molecule has 12 nitrogen and oxygen atoms in total. The van der Waals surface area contributed by atoms with Crippen LogP contribution in [0, 0.1) is 0 Å². The van der Waals surface area contributed by atoms with Crippen molar-refractivity contribution in [3.8, 4) is 17.2 Å². The van der Waals surface area contributed by atoms with Gasteiger partial charge in [0.1, 0.15) is 22.8 Å². The Kier molecular flexibility index (Phi) is 6.64. The zero-order chi connectivity index (χ0) is 28.4. The standard InChI is InChI=1S/C27H30N2O10/c1-10-22(30)14(28)7-17(38-10)39-16-9-27(35,11(2)29-36)8-13-19(16)26(34)21-20(24(13)32)23(31)12-5-4-6-15(37-3)18(12)25(21)33/h4-6,10,14,16-17,22,30,32,34-36H,7-9,28H2,1-3H3/t10-,14-,16-,17+,22-,27+/m0/s1. The van der Waals surface area contributed by atoms with E-state index in [4.69, 9.17) is 19.9 Å². The van der Waals surface area contributed by atoms with Crippen LogP contribution >= 0.6 is 0 Å². The van der Waals surface area contributed by atoms with Gasteiger partial charge in [-0.3, -0.25) is 9.59 Å². The monoisotopic (exact) mass is 542 g/mol. The van der Waals surface area contributed by atoms with Crippen molar-refractivity contribution in [1.29, 1.82) is 0 Å². The van der Waals surface area contributed by atoms with Crippen molar-refractivity contribution in [3.63, 3.8) is 0 Å². The number of hydrogen-bond donors (Lipinski definition) is 6. The SMILES string of the molecule is COc1cccc2c1C(=O)c1c(O)c3c(c(O)c1C2=O)C[C@](O)(C(C)=NO)C[C@@H]3O[C@@H]1C[C@H](N)[C@@H](O)[C@H](C)O1. The van der Waals surface area contributed by atoms with Gasteiger partial charge in [-0.1, -0.05) is 17.3 Å². The predicted octanol–water partition coefficient (Wildman–Crippen LogP) is 1.29. The molecule has 2 aromatic rings. The lowest BCUT2D eigenvalue weighted by molar-refractivity contribution is -0.245. The molecule has 0 amide bonds. The molecule has 0 radical (unpaired) electrons. The summed E-state index contributed by atoms with van der Waals surface area (Å²) < 4.78 is 17.2. The number of aliphatic hydroxyl groups excluding tert-OH is 1. The number of aromatic hydroxyl groups is 2. The van der Waals surface area contributed by atoms with Crippen LogP contribution in [0.25, 0.3) is 0 Å². The Morgan fingerprint density at radius 3 is 2.49 bits per heavy atom. The minimum atomic E-state index is -1.85. The van der Waals surface area contributed by atoms with Gasteiger partial charge in [-0.25, -0.2) is 0 Å². The average Bonchev–Trinajstić information content (AvgIpc) is 2.90. The maximum absolute atomic E-state index is 13.7. The summed E-state index contributed by atoms with van der Waals surface area (Å²) in [4.78, 5) is 27.2. The highest BCUT2D eigenvalue weighted by Gasteiger charge is 2.49. The van der Waals surface area contributed by atoms with Crippen LogP contribution in [0.15, 0.2) is 23.4 Å². The third-order valence-corrected chi connectivity index (χ3v) is 7.97. The summed E-state index contributed by atoms with van der Waals surface area (Å²) in [5.74, 6) is -2.51. The zero-order valence-corrected chi connectivity index (χ0v) is 21.5. The topological polar surface area (TPSA) is 201 Å². The largest absolute Gasteiger partial charge is 0.507 e. The van der Waals surface area contributed by atoms with Crippen LogP contribution in [-0.2, 0) is 15.9 Å². The summed E-state index contributed by atoms with van der Waals surface area (Å²) in [6.07, 6.45) is -4.34. The highest BCUT2D eigenvalue weighted by atomic mass is 16.7. The Morgan fingerprint density at radius 1 is 1.15 bits per heavy atom. The fourth-order valence-corrected chi connectivity index (χ4v) is 5.76. The maximum atomic E-state index is 13.7. The van der Waals surface area contributed by atoms with Crippen LogP contribution in [-0.4, -0.2) is 80.2 Å². The molecule has 0 saturated carbocycles. The molecule has 0 aromatic heterocycles. The zero-order valence-electron chi connectivity index (χ0n) is 21.5. The van der Waals surface area contributed by atoms with E-state index in [1.54, 1.807) is 6.92 Å². The first kappa shape index (κ1) is 27.0. The fourth-order valence-electron chi connectivity index (χ4n) is 5.76. The van der Waals surface area contributed by atoms with Gasteiger partial charge in [-0.2, -0.15) is 0 Å². The van der Waals surface area contributed by atoms with Crippen molar-refractivity contribution in [2.45, 2.75) is 69.4 Å². The number of ether oxygens (including phenoxy) is 3. The lowest BCUT2D eigenvalue weighted by Crippen LogP contribution is -2.52. The van der Waals surface area contributed by atoms with Gasteiger partial charge in [0.2, 0.25) is 5.78 Å². The molecule has 3 aliphatic rings. The number of hydrogen-bond acceptors (Lipinski definition) is 12. The van der Waals surface area contributed by atoms with Crippen molar-refractivity contribution in [2.75, 3.05) is 7.11 Å². The number of aliphatic hydroxyl groups is 2. The molecule has 12 heteroatoms. The number of methoxy groups -OCH3 is 1. The maximum Gasteiger partial charge on any atom is 0.202 e. The van der Waals surface area contributed by atoms with Crippen LogP contribution in [0.5, 0.6) is 17.2 Å². The average molecular weight is 543 g/mol. The van der Waals surface area contributed by atoms with Crippen molar-refractivity contribution in [3.05, 3.63) is 51.6 Å². The first-order valence-electron chi connectivity index (χ1n) is 12.5. The molecule has 1 saturated heterocycles. The van der Waals surface area contributed by atoms with Crippen molar-refractivity contribution in [2.24, 2.45) is 10.9 Å². The minimum absolute atomic E-state index is 0.00869. The van der Waals surface area contributed by atoms with Crippen LogP contribution in [0.1, 0.15) is 75.8 Å². The lowest BCUT2D eigenvalue weighted by Gasteiger charge is -2.42. The molecule has 1 aliphatic heterocycles. The molecule has 39 heavy (non-hydrogen) atoms. The molecular weight excluding hydrogens is 512 g/mol. The molecule has 0 unspecified atom stereocenters. The van der Waals surface area contributed by atoms with Crippen molar-refractivity contribution in [1.82, 2.24) is 0 Å². The highest BCUT2D eigenvalue weighted by Crippen LogP contribution is 2.52. The fraction of sp³-hybridized carbons (Fsp3) is 0.444. The first-order valence-corrected chi connectivity index (χ1v) is 12.5. The molecule has 1 fully saturated rings. The van der Waals surface area contributed by atoms with E-state index in [1.165, 1.54) is 32.2 Å². The normalized spacial score (nSPS) is 30.4. The van der Waals surface area contributed by atoms with Gasteiger partial charge in [0.15, 0.2) is 12.1 Å². The van der Waals surface area contributed by atoms with E-state index < -0.39 is 70.4 Å². The van der Waals surface area contributed by atoms with E-state index in [1.807, 2.05) is 0 Å². The van der Waals surface area contributed by atoms with Gasteiger partial charge in [0, 0.05) is 42.0 Å². The van der Waals surface area contributed by atoms with Crippen LogP contribution in [0.3, 0.4) is 0 Å². The summed E-state index contributed by atoms with van der Waals surface area (Å²) in [6.45, 7) is 2.99. The first-order chi connectivity index (χ1) is 18.4. The summed E-state index contributed by atoms with van der Waals surface area (Å²) in [7, 11) is 1.34. The van der Waals surface area contributed by atoms with E-state index in [0.717, 1.165) is 0 Å². The number of phenolic OH excluding ortho intramolecular Hbond substituents is 2. The Hall–Kier alpha value is -3.55. The second kappa shape index (κ2) is 9.57. The number of benzene rings is 2. The van der Waals surface area contributed by atoms with E-state index in [0.29, 0.717) is 0 Å². The molecule has 2 aliphatic carbocycles. The number of carbonyl (C=O) groups is 2. The quantitative estimate of drug-likeness (QED) is 0.120. The second-order valence-electron chi connectivity index (χ2n) is 10.3. The molecule has 208 valence electrons. The highest BCUT2D eigenvalue weighted by molar-refractivity contribution is 6.31. The number of carbonyl (C=O) groups excluding carboxylic acids is 2.